The van der Waals surface area contributed by atoms with Gasteiger partial charge in [0.2, 0.25) is 23.6 Å². The van der Waals surface area contributed by atoms with Crippen molar-refractivity contribution in [3.05, 3.63) is 0 Å². The van der Waals surface area contributed by atoms with Crippen molar-refractivity contribution in [1.82, 2.24) is 21.3 Å². The highest BCUT2D eigenvalue weighted by Gasteiger charge is 2.08. The van der Waals surface area contributed by atoms with Crippen LogP contribution in [-0.4, -0.2) is 63.0 Å². The van der Waals surface area contributed by atoms with Crippen LogP contribution in [0.3, 0.4) is 0 Å². The largest absolute Gasteiger partial charge is 0.381 e. The van der Waals surface area contributed by atoms with E-state index < -0.39 is 11.8 Å². The highest BCUT2D eigenvalue weighted by molar-refractivity contribution is 5.89. The van der Waals surface area contributed by atoms with Gasteiger partial charge in [-0.25, -0.2) is 0 Å². The molecule has 0 saturated carbocycles. The average molecular weight is 316 g/mol. The molecule has 0 atom stereocenters. The van der Waals surface area contributed by atoms with Gasteiger partial charge in [-0.05, 0) is 13.8 Å². The second-order valence-corrected chi connectivity index (χ2v) is 4.23. The van der Waals surface area contributed by atoms with E-state index in [0.29, 0.717) is 19.8 Å². The molecular weight excluding hydrogens is 292 g/mol. The second kappa shape index (κ2) is 12.6. The lowest BCUT2D eigenvalue weighted by Crippen LogP contribution is -2.44. The minimum atomic E-state index is -0.488. The van der Waals surface area contributed by atoms with Crippen LogP contribution in [-0.2, 0) is 23.9 Å². The summed E-state index contributed by atoms with van der Waals surface area (Å²) in [6.45, 7) is 4.28. The van der Waals surface area contributed by atoms with Gasteiger partial charge in [0.1, 0.15) is 0 Å². The number of carbonyl (C=O) groups excluding carboxylic acids is 4. The number of nitrogens with one attached hydrogen (secondary N) is 4. The van der Waals surface area contributed by atoms with Crippen molar-refractivity contribution in [2.75, 3.05) is 39.4 Å². The number of ether oxygens (including phenoxy) is 1. The van der Waals surface area contributed by atoms with Crippen LogP contribution >= 0.6 is 0 Å². The van der Waals surface area contributed by atoms with E-state index in [9.17, 15) is 19.2 Å². The molecule has 0 heterocycles. The first-order valence-electron chi connectivity index (χ1n) is 7.14. The minimum absolute atomic E-state index is 0.142. The summed E-state index contributed by atoms with van der Waals surface area (Å²) in [5.74, 6) is -1.58. The molecule has 9 heteroatoms. The molecule has 0 spiro atoms. The molecule has 9 nitrogen and oxygen atoms in total. The second-order valence-electron chi connectivity index (χ2n) is 4.23. The number of rotatable bonds is 11. The molecular formula is C13H24N4O5. The first kappa shape index (κ1) is 19.8. The fourth-order valence-corrected chi connectivity index (χ4v) is 1.32. The molecule has 0 aromatic heterocycles. The number of likely N-dealkylation sites (N-methyl/N-ethyl adjacent to an activating group) is 1. The zero-order valence-corrected chi connectivity index (χ0v) is 13.0. The highest BCUT2D eigenvalue weighted by atomic mass is 16.5. The van der Waals surface area contributed by atoms with Gasteiger partial charge in [0, 0.05) is 19.6 Å². The smallest absolute Gasteiger partial charge is 0.239 e. The van der Waals surface area contributed by atoms with E-state index in [1.165, 1.54) is 0 Å². The zero-order valence-electron chi connectivity index (χ0n) is 13.0. The van der Waals surface area contributed by atoms with Gasteiger partial charge < -0.3 is 26.0 Å². The van der Waals surface area contributed by atoms with Crippen LogP contribution in [0.2, 0.25) is 0 Å². The Hall–Kier alpha value is -2.16. The van der Waals surface area contributed by atoms with Crippen molar-refractivity contribution in [2.24, 2.45) is 0 Å². The molecule has 0 saturated heterocycles. The molecule has 0 aliphatic carbocycles. The number of amides is 4. The molecule has 22 heavy (non-hydrogen) atoms. The SMILES string of the molecule is CCNC(=O)CNC(=O)CNC(=O)CNC(=O)CCOCC. The van der Waals surface area contributed by atoms with Gasteiger partial charge in [0.15, 0.2) is 0 Å². The molecule has 0 rings (SSSR count). The Morgan fingerprint density at radius 1 is 0.727 bits per heavy atom. The van der Waals surface area contributed by atoms with Crippen LogP contribution in [0, 0.1) is 0 Å². The molecule has 126 valence electrons. The van der Waals surface area contributed by atoms with E-state index in [4.69, 9.17) is 4.74 Å². The van der Waals surface area contributed by atoms with Crippen LogP contribution in [0.25, 0.3) is 0 Å². The zero-order chi connectivity index (χ0) is 16.8. The van der Waals surface area contributed by atoms with E-state index in [0.717, 1.165) is 0 Å². The summed E-state index contributed by atoms with van der Waals surface area (Å²) in [4.78, 5) is 45.2. The maximum absolute atomic E-state index is 11.4. The maximum Gasteiger partial charge on any atom is 0.239 e. The Labute approximate surface area is 129 Å². The van der Waals surface area contributed by atoms with Gasteiger partial charge in [-0.3, -0.25) is 19.2 Å². The molecule has 0 aromatic rings. The minimum Gasteiger partial charge on any atom is -0.381 e. The summed E-state index contributed by atoms with van der Waals surface area (Å²) >= 11 is 0. The first-order chi connectivity index (χ1) is 10.5. The van der Waals surface area contributed by atoms with E-state index in [-0.39, 0.29) is 37.9 Å². The highest BCUT2D eigenvalue weighted by Crippen LogP contribution is 1.82. The van der Waals surface area contributed by atoms with Crippen molar-refractivity contribution in [1.29, 1.82) is 0 Å². The van der Waals surface area contributed by atoms with Crippen LogP contribution in [0.15, 0.2) is 0 Å². The molecule has 0 unspecified atom stereocenters. The van der Waals surface area contributed by atoms with Crippen molar-refractivity contribution in [2.45, 2.75) is 20.3 Å². The van der Waals surface area contributed by atoms with Crippen LogP contribution in [0.1, 0.15) is 20.3 Å². The van der Waals surface area contributed by atoms with Crippen molar-refractivity contribution >= 4 is 23.6 Å². The molecule has 0 bridgehead atoms. The van der Waals surface area contributed by atoms with Crippen molar-refractivity contribution < 1.29 is 23.9 Å². The Bertz CT molecular complexity index is 387. The van der Waals surface area contributed by atoms with E-state index in [2.05, 4.69) is 21.3 Å². The van der Waals surface area contributed by atoms with E-state index >= 15 is 0 Å². The topological polar surface area (TPSA) is 126 Å². The van der Waals surface area contributed by atoms with Crippen molar-refractivity contribution in [3.63, 3.8) is 0 Å². The van der Waals surface area contributed by atoms with Gasteiger partial charge in [-0.1, -0.05) is 0 Å². The third-order valence-corrected chi connectivity index (χ3v) is 2.39. The Morgan fingerprint density at radius 3 is 1.64 bits per heavy atom. The summed E-state index contributed by atoms with van der Waals surface area (Å²) in [6, 6.07) is 0. The number of carbonyl (C=O) groups is 4. The Morgan fingerprint density at radius 2 is 1.18 bits per heavy atom. The van der Waals surface area contributed by atoms with Gasteiger partial charge in [0.25, 0.3) is 0 Å². The average Bonchev–Trinajstić information content (AvgIpc) is 2.49. The standard InChI is InChI=1S/C13H24N4O5/c1-3-14-11(19)7-16-13(21)9-17-12(20)8-15-10(18)5-6-22-4-2/h3-9H2,1-2H3,(H,14,19)(H,15,18)(H,16,21)(H,17,20). The third-order valence-electron chi connectivity index (χ3n) is 2.39. The van der Waals surface area contributed by atoms with Crippen LogP contribution < -0.4 is 21.3 Å². The fourth-order valence-electron chi connectivity index (χ4n) is 1.32. The molecule has 0 aliphatic rings. The van der Waals surface area contributed by atoms with E-state index in [1.54, 1.807) is 6.92 Å². The summed E-state index contributed by atoms with van der Waals surface area (Å²) in [5.41, 5.74) is 0. The molecule has 0 aromatic carbocycles. The third kappa shape index (κ3) is 11.6. The first-order valence-corrected chi connectivity index (χ1v) is 7.14. The lowest BCUT2D eigenvalue weighted by molar-refractivity contribution is -0.128. The molecule has 0 fully saturated rings. The van der Waals surface area contributed by atoms with E-state index in [1.807, 2.05) is 6.92 Å². The molecule has 4 amide bonds. The van der Waals surface area contributed by atoms with Gasteiger partial charge in [-0.15, -0.1) is 0 Å². The lowest BCUT2D eigenvalue weighted by Gasteiger charge is -2.08. The van der Waals surface area contributed by atoms with Crippen LogP contribution in [0.5, 0.6) is 0 Å². The summed E-state index contributed by atoms with van der Waals surface area (Å²) < 4.78 is 5.01. The predicted molar refractivity (Wildman–Crippen MR) is 78.8 cm³/mol. The number of hydrogen-bond donors (Lipinski definition) is 4. The lowest BCUT2D eigenvalue weighted by atomic mass is 10.4. The van der Waals surface area contributed by atoms with Gasteiger partial charge >= 0.3 is 0 Å². The molecule has 4 N–H and O–H groups in total. The monoisotopic (exact) mass is 316 g/mol. The Kier molecular flexibility index (Phi) is 11.3. The van der Waals surface area contributed by atoms with Crippen molar-refractivity contribution in [3.8, 4) is 0 Å². The summed E-state index contributed by atoms with van der Waals surface area (Å²) in [6.07, 6.45) is 0.175. The summed E-state index contributed by atoms with van der Waals surface area (Å²) in [7, 11) is 0. The maximum atomic E-state index is 11.4. The molecule has 0 aliphatic heterocycles. The number of hydrogen-bond acceptors (Lipinski definition) is 5. The van der Waals surface area contributed by atoms with Crippen LogP contribution in [0.4, 0.5) is 0 Å². The van der Waals surface area contributed by atoms with Gasteiger partial charge in [0.05, 0.1) is 26.2 Å². The fraction of sp³-hybridized carbons (Fsp3) is 0.692. The van der Waals surface area contributed by atoms with Gasteiger partial charge in [-0.2, -0.15) is 0 Å². The normalized spacial score (nSPS) is 9.73. The predicted octanol–water partition coefficient (Wildman–Crippen LogP) is -2.10. The quantitative estimate of drug-likeness (QED) is 0.325. The molecule has 0 radical (unpaired) electrons. The Balaban J connectivity index is 3.69. The summed E-state index contributed by atoms with van der Waals surface area (Å²) in [5, 5.41) is 9.61.